The number of halogens is 4. The molecule has 1 N–H and O–H groups in total. The third kappa shape index (κ3) is 6.92. The number of benzene rings is 3. The molecule has 2 atom stereocenters. The van der Waals surface area contributed by atoms with Gasteiger partial charge in [-0.2, -0.15) is 13.2 Å². The van der Waals surface area contributed by atoms with E-state index in [9.17, 15) is 27.5 Å². The average Bonchev–Trinajstić information content (AvgIpc) is 2.87. The van der Waals surface area contributed by atoms with Gasteiger partial charge in [-0.05, 0) is 95.3 Å². The number of likely N-dealkylation sites (tertiary alicyclic amines) is 1. The fourth-order valence-corrected chi connectivity index (χ4v) is 5.89. The zero-order chi connectivity index (χ0) is 29.2. The number of rotatable bonds is 8. The molecule has 3 aromatic carbocycles. The zero-order valence-corrected chi connectivity index (χ0v) is 23.4. The van der Waals surface area contributed by atoms with Gasteiger partial charge in [-0.15, -0.1) is 0 Å². The van der Waals surface area contributed by atoms with Crippen LogP contribution in [0.4, 0.5) is 17.6 Å². The molecule has 0 saturated carbocycles. The maximum absolute atomic E-state index is 14.0. The van der Waals surface area contributed by atoms with Crippen LogP contribution in [-0.4, -0.2) is 29.1 Å². The number of carboxylic acids is 1. The second kappa shape index (κ2) is 11.7. The van der Waals surface area contributed by atoms with E-state index >= 15 is 0 Å². The first-order chi connectivity index (χ1) is 18.7. The monoisotopic (exact) mass is 555 g/mol. The Balaban J connectivity index is 1.93. The van der Waals surface area contributed by atoms with Crippen LogP contribution in [0.25, 0.3) is 11.1 Å². The fraction of sp³-hybridized carbons (Fsp3) is 0.424. The summed E-state index contributed by atoms with van der Waals surface area (Å²) in [6.07, 6.45) is -1.98. The number of piperidine rings is 1. The lowest BCUT2D eigenvalue weighted by molar-refractivity contribution is -0.139. The van der Waals surface area contributed by atoms with E-state index in [2.05, 4.69) is 18.7 Å². The van der Waals surface area contributed by atoms with Gasteiger partial charge in [0, 0.05) is 6.54 Å². The van der Waals surface area contributed by atoms with Crippen molar-refractivity contribution in [3.63, 3.8) is 0 Å². The first-order valence-corrected chi connectivity index (χ1v) is 13.8. The van der Waals surface area contributed by atoms with Crippen LogP contribution in [0.2, 0.25) is 0 Å². The minimum Gasteiger partial charge on any atom is -0.481 e. The molecule has 1 fully saturated rings. The molecule has 4 rings (SSSR count). The van der Waals surface area contributed by atoms with Crippen LogP contribution in [0.5, 0.6) is 0 Å². The van der Waals surface area contributed by atoms with Gasteiger partial charge in [0.2, 0.25) is 0 Å². The number of alkyl halides is 3. The van der Waals surface area contributed by atoms with Crippen molar-refractivity contribution in [1.29, 1.82) is 0 Å². The topological polar surface area (TPSA) is 40.5 Å². The van der Waals surface area contributed by atoms with E-state index in [1.165, 1.54) is 24.3 Å². The van der Waals surface area contributed by atoms with Crippen molar-refractivity contribution >= 4 is 5.97 Å². The normalized spacial score (nSPS) is 17.5. The Morgan fingerprint density at radius 2 is 1.60 bits per heavy atom. The highest BCUT2D eigenvalue weighted by Gasteiger charge is 2.34. The highest BCUT2D eigenvalue weighted by atomic mass is 19.4. The molecule has 0 aliphatic carbocycles. The summed E-state index contributed by atoms with van der Waals surface area (Å²) in [6.45, 7) is 9.95. The summed E-state index contributed by atoms with van der Waals surface area (Å²) in [4.78, 5) is 14.6. The molecule has 214 valence electrons. The van der Waals surface area contributed by atoms with Crippen molar-refractivity contribution in [2.24, 2.45) is 11.3 Å². The molecule has 1 saturated heterocycles. The highest BCUT2D eigenvalue weighted by molar-refractivity contribution is 5.78. The van der Waals surface area contributed by atoms with E-state index in [0.29, 0.717) is 23.1 Å². The quantitative estimate of drug-likeness (QED) is 0.282. The minimum absolute atomic E-state index is 0.0522. The van der Waals surface area contributed by atoms with Gasteiger partial charge < -0.3 is 5.11 Å². The Morgan fingerprint density at radius 3 is 2.15 bits per heavy atom. The molecule has 3 nitrogen and oxygen atoms in total. The summed E-state index contributed by atoms with van der Waals surface area (Å²) in [6, 6.07) is 16.7. The van der Waals surface area contributed by atoms with Crippen molar-refractivity contribution in [3.8, 4) is 11.1 Å². The zero-order valence-electron chi connectivity index (χ0n) is 23.4. The molecule has 7 heteroatoms. The van der Waals surface area contributed by atoms with E-state index in [1.54, 1.807) is 12.1 Å². The molecule has 0 spiro atoms. The maximum Gasteiger partial charge on any atom is 0.416 e. The lowest BCUT2D eigenvalue weighted by atomic mass is 9.80. The molecule has 1 aliphatic heterocycles. The molecular formula is C33H37F4NO2. The third-order valence-electron chi connectivity index (χ3n) is 7.78. The van der Waals surface area contributed by atoms with Gasteiger partial charge in [0.15, 0.2) is 0 Å². The molecule has 40 heavy (non-hydrogen) atoms. The van der Waals surface area contributed by atoms with Crippen LogP contribution in [0, 0.1) is 17.2 Å². The third-order valence-corrected chi connectivity index (χ3v) is 7.78. The predicted octanol–water partition coefficient (Wildman–Crippen LogP) is 8.94. The van der Waals surface area contributed by atoms with E-state index in [4.69, 9.17) is 0 Å². The number of nitrogens with zero attached hydrogens (tertiary/aromatic N) is 1. The van der Waals surface area contributed by atoms with Gasteiger partial charge in [-0.1, -0.05) is 64.1 Å². The van der Waals surface area contributed by atoms with Crippen LogP contribution < -0.4 is 0 Å². The first kappa shape index (κ1) is 29.8. The van der Waals surface area contributed by atoms with Crippen molar-refractivity contribution in [2.45, 2.75) is 65.1 Å². The average molecular weight is 556 g/mol. The van der Waals surface area contributed by atoms with E-state index < -0.39 is 23.6 Å². The summed E-state index contributed by atoms with van der Waals surface area (Å²) >= 11 is 0. The molecule has 0 amide bonds. The Labute approximate surface area is 233 Å². The van der Waals surface area contributed by atoms with E-state index in [-0.39, 0.29) is 23.2 Å². The van der Waals surface area contributed by atoms with Crippen LogP contribution in [0.3, 0.4) is 0 Å². The van der Waals surface area contributed by atoms with Crippen molar-refractivity contribution < 1.29 is 27.5 Å². The molecule has 0 bridgehead atoms. The first-order valence-electron chi connectivity index (χ1n) is 13.8. The number of aliphatic carboxylic acids is 1. The van der Waals surface area contributed by atoms with Gasteiger partial charge >= 0.3 is 12.1 Å². The van der Waals surface area contributed by atoms with Gasteiger partial charge in [0.1, 0.15) is 5.82 Å². The second-order valence-corrected chi connectivity index (χ2v) is 12.1. The second-order valence-electron chi connectivity index (χ2n) is 12.1. The van der Waals surface area contributed by atoms with Crippen molar-refractivity contribution in [1.82, 2.24) is 4.90 Å². The molecule has 1 aliphatic rings. The van der Waals surface area contributed by atoms with Crippen molar-refractivity contribution in [3.05, 3.63) is 94.8 Å². The van der Waals surface area contributed by atoms with Crippen LogP contribution >= 0.6 is 0 Å². The summed E-state index contributed by atoms with van der Waals surface area (Å²) in [5.41, 5.74) is 2.89. The van der Waals surface area contributed by atoms with Gasteiger partial charge in [0.25, 0.3) is 0 Å². The molecule has 0 radical (unpaired) electrons. The minimum atomic E-state index is -4.47. The summed E-state index contributed by atoms with van der Waals surface area (Å²) in [5, 5.41) is 10.0. The van der Waals surface area contributed by atoms with E-state index in [1.807, 2.05) is 32.0 Å². The van der Waals surface area contributed by atoms with Crippen LogP contribution in [-0.2, 0) is 11.0 Å². The molecular weight excluding hydrogens is 518 g/mol. The number of carbonyl (C=O) groups is 1. The van der Waals surface area contributed by atoms with E-state index in [0.717, 1.165) is 49.2 Å². The van der Waals surface area contributed by atoms with Gasteiger partial charge in [0.05, 0.1) is 17.5 Å². The maximum atomic E-state index is 14.0. The lowest BCUT2D eigenvalue weighted by Crippen LogP contribution is -2.42. The van der Waals surface area contributed by atoms with Crippen molar-refractivity contribution in [2.75, 3.05) is 13.1 Å². The molecule has 0 aromatic heterocycles. The standard InChI is InChI=1S/C33H37F4NO2/c1-21(2)18-29(31(39)40)24-10-15-27(28(19-24)22-6-11-25(12-7-22)33(35,36)37)30(23-8-13-26(34)14-9-23)38-17-5-16-32(3,4)20-38/h6-15,19,21,29-30H,5,16-18,20H2,1-4H3,(H,39,40). The Hall–Kier alpha value is -3.19. The largest absolute Gasteiger partial charge is 0.481 e. The number of hydrogen-bond donors (Lipinski definition) is 1. The summed E-state index contributed by atoms with van der Waals surface area (Å²) < 4.78 is 54.1. The molecule has 2 unspecified atom stereocenters. The number of hydrogen-bond acceptors (Lipinski definition) is 2. The fourth-order valence-electron chi connectivity index (χ4n) is 5.89. The summed E-state index contributed by atoms with van der Waals surface area (Å²) in [5.74, 6) is -1.90. The van der Waals surface area contributed by atoms with Gasteiger partial charge in [-0.25, -0.2) is 4.39 Å². The molecule has 3 aromatic rings. The SMILES string of the molecule is CC(C)CC(C(=O)O)c1ccc(C(c2ccc(F)cc2)N2CCCC(C)(C)C2)c(-c2ccc(C(F)(F)F)cc2)c1. The van der Waals surface area contributed by atoms with Crippen LogP contribution in [0.15, 0.2) is 66.7 Å². The Bertz CT molecular complexity index is 1310. The molecule has 1 heterocycles. The summed E-state index contributed by atoms with van der Waals surface area (Å²) in [7, 11) is 0. The van der Waals surface area contributed by atoms with Gasteiger partial charge in [-0.3, -0.25) is 9.69 Å². The Morgan fingerprint density at radius 1 is 0.975 bits per heavy atom. The Kier molecular flexibility index (Phi) is 8.74. The lowest BCUT2D eigenvalue weighted by Gasteiger charge is -2.43. The number of carboxylic acid groups (broad SMARTS) is 1. The van der Waals surface area contributed by atoms with Crippen LogP contribution in [0.1, 0.15) is 81.2 Å². The highest BCUT2D eigenvalue weighted by Crippen LogP contribution is 2.42. The predicted molar refractivity (Wildman–Crippen MR) is 150 cm³/mol. The smallest absolute Gasteiger partial charge is 0.416 e.